The molecule has 28 heavy (non-hydrogen) atoms. The maximum atomic E-state index is 12.3. The number of rotatable bonds is 6. The molecule has 0 spiro atoms. The molecule has 2 aromatic carbocycles. The Labute approximate surface area is 168 Å². The lowest BCUT2D eigenvalue weighted by Crippen LogP contribution is -2.35. The molecule has 0 aromatic heterocycles. The summed E-state index contributed by atoms with van der Waals surface area (Å²) in [6, 6.07) is 13.6. The zero-order chi connectivity index (χ0) is 20.1. The summed E-state index contributed by atoms with van der Waals surface area (Å²) in [5.74, 6) is -0.396. The van der Waals surface area contributed by atoms with Crippen molar-refractivity contribution < 1.29 is 14.4 Å². The first-order valence-corrected chi connectivity index (χ1v) is 9.57. The molecular formula is C21H22ClN3O3. The van der Waals surface area contributed by atoms with Gasteiger partial charge >= 0.3 is 0 Å². The smallest absolute Gasteiger partial charge is 0.251 e. The number of nitrogens with one attached hydrogen (secondary N) is 2. The van der Waals surface area contributed by atoms with Crippen LogP contribution < -0.4 is 15.5 Å². The quantitative estimate of drug-likeness (QED) is 0.778. The molecule has 1 aliphatic rings. The van der Waals surface area contributed by atoms with E-state index in [0.717, 1.165) is 6.42 Å². The maximum Gasteiger partial charge on any atom is 0.251 e. The van der Waals surface area contributed by atoms with Crippen LogP contribution in [0.15, 0.2) is 48.5 Å². The summed E-state index contributed by atoms with van der Waals surface area (Å²) in [4.78, 5) is 37.9. The van der Waals surface area contributed by atoms with E-state index >= 15 is 0 Å². The second kappa shape index (κ2) is 8.89. The predicted octanol–water partition coefficient (Wildman–Crippen LogP) is 3.61. The van der Waals surface area contributed by atoms with Crippen molar-refractivity contribution >= 4 is 40.7 Å². The molecule has 1 atom stereocenters. The van der Waals surface area contributed by atoms with Crippen molar-refractivity contribution in [3.05, 3.63) is 59.1 Å². The molecule has 0 bridgehead atoms. The first-order valence-electron chi connectivity index (χ1n) is 9.19. The SMILES string of the molecule is CC(CC(=O)Nc1ccc(N2CCCC2=O)c(Cl)c1)NC(=O)c1ccccc1. The molecule has 0 aliphatic carbocycles. The van der Waals surface area contributed by atoms with Gasteiger partial charge in [-0.25, -0.2) is 0 Å². The van der Waals surface area contributed by atoms with Crippen LogP contribution in [0.1, 0.15) is 36.5 Å². The second-order valence-corrected chi connectivity index (χ2v) is 7.22. The van der Waals surface area contributed by atoms with Crippen LogP contribution in [0.4, 0.5) is 11.4 Å². The third kappa shape index (κ3) is 4.89. The van der Waals surface area contributed by atoms with Gasteiger partial charge in [0.1, 0.15) is 0 Å². The number of amides is 3. The van der Waals surface area contributed by atoms with Crippen LogP contribution in [0.5, 0.6) is 0 Å². The van der Waals surface area contributed by atoms with Gasteiger partial charge < -0.3 is 15.5 Å². The zero-order valence-corrected chi connectivity index (χ0v) is 16.3. The molecule has 2 N–H and O–H groups in total. The third-order valence-electron chi connectivity index (χ3n) is 4.50. The Morgan fingerprint density at radius 1 is 1.18 bits per heavy atom. The minimum Gasteiger partial charge on any atom is -0.349 e. The Bertz CT molecular complexity index is 886. The van der Waals surface area contributed by atoms with Gasteiger partial charge in [0, 0.05) is 36.7 Å². The van der Waals surface area contributed by atoms with Crippen molar-refractivity contribution in [3.8, 4) is 0 Å². The summed E-state index contributed by atoms with van der Waals surface area (Å²) >= 11 is 6.30. The summed E-state index contributed by atoms with van der Waals surface area (Å²) in [6.45, 7) is 2.43. The maximum absolute atomic E-state index is 12.3. The average Bonchev–Trinajstić information content (AvgIpc) is 3.08. The number of carbonyl (C=O) groups is 3. The van der Waals surface area contributed by atoms with Crippen LogP contribution in [0.3, 0.4) is 0 Å². The molecule has 3 rings (SSSR count). The molecule has 1 heterocycles. The average molecular weight is 400 g/mol. The Balaban J connectivity index is 1.55. The van der Waals surface area contributed by atoms with E-state index in [1.165, 1.54) is 0 Å². The lowest BCUT2D eigenvalue weighted by Gasteiger charge is -2.18. The Kier molecular flexibility index (Phi) is 6.31. The summed E-state index contributed by atoms with van der Waals surface area (Å²) in [6.07, 6.45) is 1.48. The number of hydrogen-bond acceptors (Lipinski definition) is 3. The molecule has 6 nitrogen and oxygen atoms in total. The minimum absolute atomic E-state index is 0.0571. The van der Waals surface area contributed by atoms with E-state index in [4.69, 9.17) is 11.6 Å². The normalized spacial score (nSPS) is 14.6. The van der Waals surface area contributed by atoms with Crippen molar-refractivity contribution in [1.82, 2.24) is 5.32 Å². The van der Waals surface area contributed by atoms with E-state index < -0.39 is 0 Å². The summed E-state index contributed by atoms with van der Waals surface area (Å²) in [5.41, 5.74) is 1.76. The van der Waals surface area contributed by atoms with Crippen molar-refractivity contribution in [2.45, 2.75) is 32.2 Å². The predicted molar refractivity (Wildman–Crippen MR) is 110 cm³/mol. The molecule has 1 saturated heterocycles. The molecule has 7 heteroatoms. The monoisotopic (exact) mass is 399 g/mol. The molecule has 2 aromatic rings. The van der Waals surface area contributed by atoms with E-state index in [0.29, 0.717) is 34.9 Å². The van der Waals surface area contributed by atoms with Crippen molar-refractivity contribution in [1.29, 1.82) is 0 Å². The van der Waals surface area contributed by atoms with Crippen LogP contribution >= 0.6 is 11.6 Å². The van der Waals surface area contributed by atoms with E-state index in [1.54, 1.807) is 54.3 Å². The lowest BCUT2D eigenvalue weighted by molar-refractivity contribution is -0.117. The molecule has 1 fully saturated rings. The lowest BCUT2D eigenvalue weighted by atomic mass is 10.1. The van der Waals surface area contributed by atoms with Gasteiger partial charge in [-0.05, 0) is 43.7 Å². The molecular weight excluding hydrogens is 378 g/mol. The fourth-order valence-electron chi connectivity index (χ4n) is 3.14. The Morgan fingerprint density at radius 3 is 2.57 bits per heavy atom. The highest BCUT2D eigenvalue weighted by Crippen LogP contribution is 2.31. The number of nitrogens with zero attached hydrogens (tertiary/aromatic N) is 1. The Hall–Kier alpha value is -2.86. The van der Waals surface area contributed by atoms with Crippen LogP contribution in [-0.2, 0) is 9.59 Å². The first kappa shape index (κ1) is 19.9. The van der Waals surface area contributed by atoms with Gasteiger partial charge in [-0.3, -0.25) is 14.4 Å². The van der Waals surface area contributed by atoms with Crippen LogP contribution in [0.25, 0.3) is 0 Å². The van der Waals surface area contributed by atoms with E-state index in [2.05, 4.69) is 10.6 Å². The van der Waals surface area contributed by atoms with Gasteiger partial charge in [0.2, 0.25) is 11.8 Å². The topological polar surface area (TPSA) is 78.5 Å². The van der Waals surface area contributed by atoms with Gasteiger partial charge in [0.15, 0.2) is 0 Å². The summed E-state index contributed by atoms with van der Waals surface area (Å²) < 4.78 is 0. The summed E-state index contributed by atoms with van der Waals surface area (Å²) in [5, 5.41) is 6.00. The fourth-order valence-corrected chi connectivity index (χ4v) is 3.43. The number of benzene rings is 2. The third-order valence-corrected chi connectivity index (χ3v) is 4.80. The minimum atomic E-state index is -0.329. The first-order chi connectivity index (χ1) is 13.4. The van der Waals surface area contributed by atoms with Crippen LogP contribution in [0.2, 0.25) is 5.02 Å². The number of carbonyl (C=O) groups excluding carboxylic acids is 3. The highest BCUT2D eigenvalue weighted by Gasteiger charge is 2.23. The van der Waals surface area contributed by atoms with Crippen LogP contribution in [-0.4, -0.2) is 30.3 Å². The zero-order valence-electron chi connectivity index (χ0n) is 15.6. The number of hydrogen-bond donors (Lipinski definition) is 2. The standard InChI is InChI=1S/C21H22ClN3O3/c1-14(23-21(28)15-6-3-2-4-7-15)12-19(26)24-16-9-10-18(17(22)13-16)25-11-5-8-20(25)27/h2-4,6-7,9-10,13-14H,5,8,11-12H2,1H3,(H,23,28)(H,24,26). The fraction of sp³-hybridized carbons (Fsp3) is 0.286. The highest BCUT2D eigenvalue weighted by atomic mass is 35.5. The van der Waals surface area contributed by atoms with Gasteiger partial charge in [-0.15, -0.1) is 0 Å². The Morgan fingerprint density at radius 2 is 1.93 bits per heavy atom. The van der Waals surface area contributed by atoms with Crippen molar-refractivity contribution in [2.75, 3.05) is 16.8 Å². The van der Waals surface area contributed by atoms with Crippen molar-refractivity contribution in [3.63, 3.8) is 0 Å². The number of halogens is 1. The largest absolute Gasteiger partial charge is 0.349 e. The molecule has 146 valence electrons. The molecule has 0 radical (unpaired) electrons. The van der Waals surface area contributed by atoms with Crippen molar-refractivity contribution in [2.24, 2.45) is 0 Å². The highest BCUT2D eigenvalue weighted by molar-refractivity contribution is 6.34. The second-order valence-electron chi connectivity index (χ2n) is 6.81. The van der Waals surface area contributed by atoms with Gasteiger partial charge in [-0.2, -0.15) is 0 Å². The molecule has 3 amide bonds. The van der Waals surface area contributed by atoms with Crippen LogP contribution in [0, 0.1) is 0 Å². The van der Waals surface area contributed by atoms with Gasteiger partial charge in [-0.1, -0.05) is 29.8 Å². The molecule has 1 unspecified atom stereocenters. The molecule has 0 saturated carbocycles. The molecule has 1 aliphatic heterocycles. The van der Waals surface area contributed by atoms with E-state index in [-0.39, 0.29) is 30.2 Å². The van der Waals surface area contributed by atoms with E-state index in [9.17, 15) is 14.4 Å². The van der Waals surface area contributed by atoms with Gasteiger partial charge in [0.05, 0.1) is 10.7 Å². The number of anilines is 2. The summed E-state index contributed by atoms with van der Waals surface area (Å²) in [7, 11) is 0. The van der Waals surface area contributed by atoms with Gasteiger partial charge in [0.25, 0.3) is 5.91 Å². The van der Waals surface area contributed by atoms with E-state index in [1.807, 2.05) is 6.07 Å².